The van der Waals surface area contributed by atoms with Gasteiger partial charge in [-0.1, -0.05) is 11.3 Å². The van der Waals surface area contributed by atoms with Crippen LogP contribution in [0.3, 0.4) is 0 Å². The van der Waals surface area contributed by atoms with E-state index in [-0.39, 0.29) is 17.7 Å². The summed E-state index contributed by atoms with van der Waals surface area (Å²) in [7, 11) is 3.38. The minimum atomic E-state index is -0.206. The van der Waals surface area contributed by atoms with Crippen LogP contribution in [0.5, 0.6) is 0 Å². The Hall–Kier alpha value is -3.41. The monoisotopic (exact) mass is 441 g/mol. The molecular weight excluding hydrogens is 418 g/mol. The van der Waals surface area contributed by atoms with E-state index in [1.54, 1.807) is 27.3 Å². The summed E-state index contributed by atoms with van der Waals surface area (Å²) < 4.78 is 1.54. The molecule has 1 aliphatic rings. The molecule has 0 spiro atoms. The highest BCUT2D eigenvalue weighted by molar-refractivity contribution is 7.17. The van der Waals surface area contributed by atoms with Gasteiger partial charge in [-0.25, -0.2) is 14.6 Å². The van der Waals surface area contributed by atoms with E-state index in [0.717, 1.165) is 19.4 Å². The number of nitrogens with zero attached hydrogens (tertiary/aromatic N) is 8. The summed E-state index contributed by atoms with van der Waals surface area (Å²) in [6, 6.07) is 3.69. The van der Waals surface area contributed by atoms with E-state index >= 15 is 0 Å². The molecule has 3 aromatic rings. The van der Waals surface area contributed by atoms with E-state index < -0.39 is 0 Å². The van der Waals surface area contributed by atoms with Gasteiger partial charge in [-0.05, 0) is 31.9 Å². The van der Waals surface area contributed by atoms with Gasteiger partial charge in [0.05, 0.1) is 11.6 Å². The second-order valence-electron chi connectivity index (χ2n) is 7.50. The van der Waals surface area contributed by atoms with Crippen molar-refractivity contribution in [1.82, 2.24) is 34.8 Å². The van der Waals surface area contributed by atoms with Crippen LogP contribution in [0, 0.1) is 12.8 Å². The van der Waals surface area contributed by atoms with E-state index in [4.69, 9.17) is 0 Å². The SMILES string of the molecule is Cc1nc(NC(=O)C2CCCN(c3ccc(-n4cncn4)nn3)C2)sc1C(=O)N(C)C. The number of carbonyl (C=O) groups excluding carboxylic acids is 2. The molecule has 31 heavy (non-hydrogen) atoms. The van der Waals surface area contributed by atoms with Gasteiger partial charge in [-0.2, -0.15) is 5.10 Å². The zero-order chi connectivity index (χ0) is 22.0. The third kappa shape index (κ3) is 4.53. The maximum absolute atomic E-state index is 12.9. The molecule has 162 valence electrons. The van der Waals surface area contributed by atoms with Crippen LogP contribution in [-0.2, 0) is 4.79 Å². The molecule has 1 atom stereocenters. The molecule has 2 amide bonds. The number of hydrogen-bond acceptors (Lipinski definition) is 9. The Morgan fingerprint density at radius 3 is 2.68 bits per heavy atom. The summed E-state index contributed by atoms with van der Waals surface area (Å²) in [5.41, 5.74) is 0.618. The predicted octanol–water partition coefficient (Wildman–Crippen LogP) is 1.38. The fraction of sp³-hybridized carbons (Fsp3) is 0.421. The Balaban J connectivity index is 1.41. The van der Waals surface area contributed by atoms with Crippen LogP contribution < -0.4 is 10.2 Å². The van der Waals surface area contributed by atoms with Crippen LogP contribution in [0.15, 0.2) is 24.8 Å². The average Bonchev–Trinajstić information content (AvgIpc) is 3.43. The number of anilines is 2. The van der Waals surface area contributed by atoms with Gasteiger partial charge in [-0.3, -0.25) is 9.59 Å². The van der Waals surface area contributed by atoms with Crippen molar-refractivity contribution >= 4 is 34.1 Å². The molecule has 0 bridgehead atoms. The van der Waals surface area contributed by atoms with Crippen molar-refractivity contribution in [3.8, 4) is 5.82 Å². The van der Waals surface area contributed by atoms with Crippen LogP contribution >= 0.6 is 11.3 Å². The molecule has 1 aliphatic heterocycles. The van der Waals surface area contributed by atoms with E-state index in [2.05, 4.69) is 35.5 Å². The number of piperidine rings is 1. The molecule has 0 aliphatic carbocycles. The van der Waals surface area contributed by atoms with Gasteiger partial charge < -0.3 is 15.1 Å². The fourth-order valence-electron chi connectivity index (χ4n) is 3.39. The van der Waals surface area contributed by atoms with Gasteiger partial charge in [0.15, 0.2) is 16.8 Å². The molecule has 11 nitrogen and oxygen atoms in total. The molecule has 1 N–H and O–H groups in total. The number of hydrogen-bond donors (Lipinski definition) is 1. The van der Waals surface area contributed by atoms with Crippen molar-refractivity contribution in [1.29, 1.82) is 0 Å². The quantitative estimate of drug-likeness (QED) is 0.630. The number of amides is 2. The summed E-state index contributed by atoms with van der Waals surface area (Å²) in [5, 5.41) is 15.9. The molecule has 0 aromatic carbocycles. The molecule has 4 rings (SSSR count). The van der Waals surface area contributed by atoms with Gasteiger partial charge >= 0.3 is 0 Å². The van der Waals surface area contributed by atoms with Crippen LogP contribution in [0.4, 0.5) is 10.9 Å². The second kappa shape index (κ2) is 8.76. The third-order valence-corrected chi connectivity index (χ3v) is 6.09. The molecule has 1 fully saturated rings. The van der Waals surface area contributed by atoms with Gasteiger partial charge in [0.2, 0.25) is 5.91 Å². The zero-order valence-electron chi connectivity index (χ0n) is 17.5. The maximum atomic E-state index is 12.9. The Morgan fingerprint density at radius 2 is 2.00 bits per heavy atom. The number of nitrogens with one attached hydrogen (secondary N) is 1. The van der Waals surface area contributed by atoms with Crippen LogP contribution in [0.2, 0.25) is 0 Å². The first-order chi connectivity index (χ1) is 14.9. The normalized spacial score (nSPS) is 16.2. The summed E-state index contributed by atoms with van der Waals surface area (Å²) in [5.74, 6) is 0.865. The third-order valence-electron chi connectivity index (χ3n) is 5.03. The van der Waals surface area contributed by atoms with Crippen molar-refractivity contribution in [2.75, 3.05) is 37.4 Å². The number of rotatable bonds is 5. The van der Waals surface area contributed by atoms with Crippen molar-refractivity contribution in [3.63, 3.8) is 0 Å². The average molecular weight is 442 g/mol. The summed E-state index contributed by atoms with van der Waals surface area (Å²) in [4.78, 5) is 37.4. The molecular formula is C19H23N9O2S. The lowest BCUT2D eigenvalue weighted by Gasteiger charge is -2.32. The minimum absolute atomic E-state index is 0.102. The van der Waals surface area contributed by atoms with E-state index in [1.165, 1.54) is 27.2 Å². The van der Waals surface area contributed by atoms with E-state index in [9.17, 15) is 9.59 Å². The first-order valence-electron chi connectivity index (χ1n) is 9.86. The lowest BCUT2D eigenvalue weighted by atomic mass is 9.97. The van der Waals surface area contributed by atoms with Crippen molar-refractivity contribution in [2.24, 2.45) is 5.92 Å². The lowest BCUT2D eigenvalue weighted by Crippen LogP contribution is -2.41. The highest BCUT2D eigenvalue weighted by Gasteiger charge is 2.28. The largest absolute Gasteiger partial charge is 0.354 e. The van der Waals surface area contributed by atoms with Gasteiger partial charge in [-0.15, -0.1) is 10.2 Å². The lowest BCUT2D eigenvalue weighted by molar-refractivity contribution is -0.120. The molecule has 4 heterocycles. The first-order valence-corrected chi connectivity index (χ1v) is 10.7. The Labute approximate surface area is 183 Å². The smallest absolute Gasteiger partial charge is 0.265 e. The van der Waals surface area contributed by atoms with Crippen LogP contribution in [0.25, 0.3) is 5.82 Å². The molecule has 3 aromatic heterocycles. The molecule has 1 saturated heterocycles. The van der Waals surface area contributed by atoms with Crippen LogP contribution in [-0.4, -0.2) is 73.8 Å². The summed E-state index contributed by atoms with van der Waals surface area (Å²) in [6.45, 7) is 3.11. The van der Waals surface area contributed by atoms with E-state index in [0.29, 0.717) is 33.9 Å². The standard InChI is InChI=1S/C19H23N9O2S/c1-12-16(18(30)26(2)3)31-19(22-12)23-17(29)13-5-4-8-27(9-13)14-6-7-15(25-24-14)28-11-20-10-21-28/h6-7,10-11,13H,4-5,8-9H2,1-3H3,(H,22,23,29). The van der Waals surface area contributed by atoms with E-state index in [1.807, 2.05) is 12.1 Å². The van der Waals surface area contributed by atoms with Crippen molar-refractivity contribution < 1.29 is 9.59 Å². The zero-order valence-corrected chi connectivity index (χ0v) is 18.3. The Kier molecular flexibility index (Phi) is 5.89. The Bertz CT molecular complexity index is 1060. The number of aryl methyl sites for hydroxylation is 1. The molecule has 1 unspecified atom stereocenters. The first kappa shape index (κ1) is 20.8. The topological polar surface area (TPSA) is 122 Å². The fourth-order valence-corrected chi connectivity index (χ4v) is 4.38. The minimum Gasteiger partial charge on any atom is -0.354 e. The summed E-state index contributed by atoms with van der Waals surface area (Å²) >= 11 is 1.20. The van der Waals surface area contributed by atoms with Gasteiger partial charge in [0.1, 0.15) is 17.5 Å². The Morgan fingerprint density at radius 1 is 1.23 bits per heavy atom. The highest BCUT2D eigenvalue weighted by atomic mass is 32.1. The molecule has 0 saturated carbocycles. The van der Waals surface area contributed by atoms with Gasteiger partial charge in [0.25, 0.3) is 5.91 Å². The number of thiazole rings is 1. The predicted molar refractivity (Wildman–Crippen MR) is 115 cm³/mol. The molecule has 12 heteroatoms. The molecule has 0 radical (unpaired) electrons. The van der Waals surface area contributed by atoms with Crippen LogP contribution in [0.1, 0.15) is 28.2 Å². The highest BCUT2D eigenvalue weighted by Crippen LogP contribution is 2.26. The van der Waals surface area contributed by atoms with Crippen molar-refractivity contribution in [3.05, 3.63) is 35.4 Å². The second-order valence-corrected chi connectivity index (χ2v) is 8.50. The summed E-state index contributed by atoms with van der Waals surface area (Å²) in [6.07, 6.45) is 4.64. The van der Waals surface area contributed by atoms with Gasteiger partial charge in [0, 0.05) is 27.2 Å². The number of carbonyl (C=O) groups is 2. The number of aromatic nitrogens is 6. The van der Waals surface area contributed by atoms with Crippen molar-refractivity contribution in [2.45, 2.75) is 19.8 Å². The maximum Gasteiger partial charge on any atom is 0.265 e.